The summed E-state index contributed by atoms with van der Waals surface area (Å²) in [7, 11) is -0.0929. The van der Waals surface area contributed by atoms with Crippen molar-refractivity contribution in [2.45, 2.75) is 18.3 Å². The maximum Gasteiger partial charge on any atom is 0.0688 e. The smallest absolute Gasteiger partial charge is 0.0688 e. The zero-order valence-corrected chi connectivity index (χ0v) is 22.7. The zero-order valence-electron chi connectivity index (χ0n) is 21.8. The molecule has 0 saturated carbocycles. The molecule has 3 aliphatic carbocycles. The molecule has 8 rings (SSSR count). The van der Waals surface area contributed by atoms with Crippen LogP contribution in [0.2, 0.25) is 0 Å². The fourth-order valence-corrected chi connectivity index (χ4v) is 8.24. The van der Waals surface area contributed by atoms with Crippen LogP contribution in [0.1, 0.15) is 29.5 Å². The van der Waals surface area contributed by atoms with E-state index >= 15 is 0 Å². The van der Waals surface area contributed by atoms with Crippen molar-refractivity contribution < 1.29 is 0 Å². The second kappa shape index (κ2) is 8.13. The molecule has 0 aliphatic heterocycles. The second-order valence-corrected chi connectivity index (χ2v) is 13.3. The van der Waals surface area contributed by atoms with Crippen molar-refractivity contribution in [1.29, 1.82) is 0 Å². The lowest BCUT2D eigenvalue weighted by molar-refractivity contribution is 0.770. The molecular formula is C37H29P. The van der Waals surface area contributed by atoms with E-state index in [1.807, 2.05) is 0 Å². The van der Waals surface area contributed by atoms with Gasteiger partial charge >= 0.3 is 0 Å². The highest BCUT2D eigenvalue weighted by Crippen LogP contribution is 2.60. The molecule has 5 aromatic rings. The number of hydrogen-bond acceptors (Lipinski definition) is 0. The van der Waals surface area contributed by atoms with E-state index in [4.69, 9.17) is 0 Å². The Morgan fingerprint density at radius 2 is 1.08 bits per heavy atom. The van der Waals surface area contributed by atoms with E-state index in [1.165, 1.54) is 65.8 Å². The maximum absolute atomic E-state index is 2.51. The molecule has 0 amide bonds. The summed E-state index contributed by atoms with van der Waals surface area (Å²) in [4.78, 5) is 0. The second-order valence-electron chi connectivity index (χ2n) is 11.0. The Labute approximate surface area is 225 Å². The molecule has 0 atom stereocenters. The molecule has 0 saturated heterocycles. The first-order valence-electron chi connectivity index (χ1n) is 13.6. The fraction of sp³-hybridized carbons (Fsp3) is 0.135. The van der Waals surface area contributed by atoms with Crippen LogP contribution >= 0.6 is 7.92 Å². The average Bonchev–Trinajstić information content (AvgIpc) is 3.27. The number of benzene rings is 5. The van der Waals surface area contributed by atoms with Crippen molar-refractivity contribution in [2.75, 3.05) is 13.3 Å². The molecule has 38 heavy (non-hydrogen) atoms. The summed E-state index contributed by atoms with van der Waals surface area (Å²) >= 11 is 0. The van der Waals surface area contributed by atoms with Crippen molar-refractivity contribution in [3.63, 3.8) is 0 Å². The SMILES string of the molecule is CP(C)c1ccc(-c2ccc3c4c2=CCCC=4C2(c4ccccc4-c4ccccc42)c2ccccc2-3)cc1. The summed E-state index contributed by atoms with van der Waals surface area (Å²) in [6.07, 6.45) is 4.65. The van der Waals surface area contributed by atoms with E-state index < -0.39 is 0 Å². The molecule has 0 fully saturated rings. The molecule has 0 bridgehead atoms. The summed E-state index contributed by atoms with van der Waals surface area (Å²) < 4.78 is 0. The van der Waals surface area contributed by atoms with Gasteiger partial charge in [0.05, 0.1) is 5.41 Å². The van der Waals surface area contributed by atoms with Crippen molar-refractivity contribution >= 4 is 24.9 Å². The van der Waals surface area contributed by atoms with Gasteiger partial charge in [0, 0.05) is 0 Å². The number of rotatable bonds is 2. The first-order valence-corrected chi connectivity index (χ1v) is 15.9. The normalized spacial score (nSPS) is 15.5. The quantitative estimate of drug-likeness (QED) is 0.219. The Kier molecular flexibility index (Phi) is 4.77. The molecule has 0 radical (unpaired) electrons. The van der Waals surface area contributed by atoms with E-state index in [1.54, 1.807) is 5.57 Å². The van der Waals surface area contributed by atoms with Gasteiger partial charge in [0.25, 0.3) is 0 Å². The first kappa shape index (κ1) is 22.3. The third-order valence-corrected chi connectivity index (χ3v) is 10.3. The fourth-order valence-electron chi connectivity index (χ4n) is 7.49. The lowest BCUT2D eigenvalue weighted by atomic mass is 9.60. The molecule has 0 heterocycles. The Hall–Kier alpha value is -3.73. The topological polar surface area (TPSA) is 0 Å². The van der Waals surface area contributed by atoms with Crippen LogP contribution in [0.25, 0.3) is 45.0 Å². The van der Waals surface area contributed by atoms with Gasteiger partial charge in [0.15, 0.2) is 0 Å². The Morgan fingerprint density at radius 3 is 1.66 bits per heavy atom. The lowest BCUT2D eigenvalue weighted by Gasteiger charge is -2.41. The van der Waals surface area contributed by atoms with E-state index in [2.05, 4.69) is 129 Å². The third kappa shape index (κ3) is 2.79. The van der Waals surface area contributed by atoms with Crippen molar-refractivity contribution in [1.82, 2.24) is 0 Å². The van der Waals surface area contributed by atoms with Crippen molar-refractivity contribution in [3.05, 3.63) is 136 Å². The zero-order chi connectivity index (χ0) is 25.4. The number of fused-ring (bicyclic) bond motifs is 9. The first-order chi connectivity index (χ1) is 18.7. The molecule has 0 unspecified atom stereocenters. The predicted octanol–water partition coefficient (Wildman–Crippen LogP) is 7.44. The van der Waals surface area contributed by atoms with Gasteiger partial charge in [0.2, 0.25) is 0 Å². The Balaban J connectivity index is 1.53. The highest BCUT2D eigenvalue weighted by atomic mass is 31.1. The van der Waals surface area contributed by atoms with Crippen LogP contribution in [-0.4, -0.2) is 13.3 Å². The van der Waals surface area contributed by atoms with Gasteiger partial charge in [-0.15, -0.1) is 0 Å². The standard InChI is InChI=1S/C37H29P/c1-38(2)25-20-18-24(19-21-25)26-22-23-31-29-12-5-8-16-34(29)37(35-17-9-13-30(26)36(31)35)32-14-6-3-10-27(32)28-11-4-7-15-33(28)37/h3-8,10-16,18-23H,9,17H2,1-2H3. The van der Waals surface area contributed by atoms with Gasteiger partial charge < -0.3 is 0 Å². The average molecular weight is 505 g/mol. The van der Waals surface area contributed by atoms with Crippen molar-refractivity contribution in [2.24, 2.45) is 0 Å². The minimum absolute atomic E-state index is 0.0929. The van der Waals surface area contributed by atoms with Gasteiger partial charge in [-0.2, -0.15) is 0 Å². The lowest BCUT2D eigenvalue weighted by Crippen LogP contribution is -2.44. The van der Waals surface area contributed by atoms with Gasteiger partial charge in [-0.25, -0.2) is 0 Å². The summed E-state index contributed by atoms with van der Waals surface area (Å²) in [5.41, 5.74) is 13.8. The summed E-state index contributed by atoms with van der Waals surface area (Å²) in [6.45, 7) is 4.66. The van der Waals surface area contributed by atoms with Crippen LogP contribution in [0.4, 0.5) is 0 Å². The largest absolute Gasteiger partial charge is 0.0817 e. The molecule has 0 aromatic heterocycles. The van der Waals surface area contributed by atoms with Gasteiger partial charge in [0.1, 0.15) is 0 Å². The molecule has 0 nitrogen and oxygen atoms in total. The van der Waals surface area contributed by atoms with Gasteiger partial charge in [-0.3, -0.25) is 0 Å². The van der Waals surface area contributed by atoms with Crippen LogP contribution in [0.15, 0.2) is 109 Å². The molecule has 1 spiro atoms. The Morgan fingerprint density at radius 1 is 0.553 bits per heavy atom. The molecule has 5 aromatic carbocycles. The maximum atomic E-state index is 2.51. The van der Waals surface area contributed by atoms with E-state index in [0.717, 1.165) is 12.8 Å². The van der Waals surface area contributed by atoms with Gasteiger partial charge in [-0.05, 0) is 97.6 Å². The molecular weight excluding hydrogens is 475 g/mol. The third-order valence-electron chi connectivity index (χ3n) is 9.01. The minimum atomic E-state index is -0.247. The summed E-state index contributed by atoms with van der Waals surface area (Å²) in [5, 5.41) is 4.34. The van der Waals surface area contributed by atoms with Crippen LogP contribution in [0, 0.1) is 0 Å². The van der Waals surface area contributed by atoms with Crippen LogP contribution in [0.3, 0.4) is 0 Å². The van der Waals surface area contributed by atoms with Crippen LogP contribution in [-0.2, 0) is 5.41 Å². The molecule has 1 heteroatoms. The van der Waals surface area contributed by atoms with Gasteiger partial charge in [-0.1, -0.05) is 123 Å². The monoisotopic (exact) mass is 504 g/mol. The van der Waals surface area contributed by atoms with E-state index in [0.29, 0.717) is 0 Å². The Bertz CT molecular complexity index is 1840. The molecule has 0 N–H and O–H groups in total. The molecule has 3 aliphatic rings. The van der Waals surface area contributed by atoms with Crippen LogP contribution < -0.4 is 15.7 Å². The predicted molar refractivity (Wildman–Crippen MR) is 164 cm³/mol. The highest BCUT2D eigenvalue weighted by molar-refractivity contribution is 7.64. The number of hydrogen-bond donors (Lipinski definition) is 0. The van der Waals surface area contributed by atoms with E-state index in [-0.39, 0.29) is 13.3 Å². The highest BCUT2D eigenvalue weighted by Gasteiger charge is 2.50. The van der Waals surface area contributed by atoms with Crippen molar-refractivity contribution in [3.8, 4) is 33.4 Å². The summed E-state index contributed by atoms with van der Waals surface area (Å²) in [5.74, 6) is 0. The molecule has 182 valence electrons. The van der Waals surface area contributed by atoms with E-state index in [9.17, 15) is 0 Å². The minimum Gasteiger partial charge on any atom is -0.0817 e. The van der Waals surface area contributed by atoms with Crippen LogP contribution in [0.5, 0.6) is 0 Å². The summed E-state index contributed by atoms with van der Waals surface area (Å²) in [6, 6.07) is 41.6.